The van der Waals surface area contributed by atoms with E-state index in [9.17, 15) is 9.90 Å². The SMILES string of the molecule is CN(CC1CCCOC1)C1CCCCCC1C(=O)O. The van der Waals surface area contributed by atoms with Crippen LogP contribution in [0.1, 0.15) is 44.9 Å². The van der Waals surface area contributed by atoms with Crippen molar-refractivity contribution < 1.29 is 14.6 Å². The summed E-state index contributed by atoms with van der Waals surface area (Å²) in [7, 11) is 2.10. The minimum Gasteiger partial charge on any atom is -0.481 e. The quantitative estimate of drug-likeness (QED) is 0.796. The van der Waals surface area contributed by atoms with Crippen LogP contribution >= 0.6 is 0 Å². The van der Waals surface area contributed by atoms with Crippen LogP contribution in [0.25, 0.3) is 0 Å². The lowest BCUT2D eigenvalue weighted by Crippen LogP contribution is -2.44. The van der Waals surface area contributed by atoms with Crippen LogP contribution in [0.4, 0.5) is 0 Å². The van der Waals surface area contributed by atoms with Crippen molar-refractivity contribution in [3.05, 3.63) is 0 Å². The van der Waals surface area contributed by atoms with Crippen molar-refractivity contribution in [2.24, 2.45) is 11.8 Å². The van der Waals surface area contributed by atoms with Gasteiger partial charge >= 0.3 is 5.97 Å². The van der Waals surface area contributed by atoms with Gasteiger partial charge in [-0.15, -0.1) is 0 Å². The van der Waals surface area contributed by atoms with Crippen molar-refractivity contribution in [3.8, 4) is 0 Å². The molecule has 3 atom stereocenters. The zero-order valence-corrected chi connectivity index (χ0v) is 12.0. The maximum absolute atomic E-state index is 11.5. The summed E-state index contributed by atoms with van der Waals surface area (Å²) in [4.78, 5) is 13.8. The van der Waals surface area contributed by atoms with Crippen molar-refractivity contribution in [2.45, 2.75) is 51.0 Å². The van der Waals surface area contributed by atoms with Crippen molar-refractivity contribution in [3.63, 3.8) is 0 Å². The lowest BCUT2D eigenvalue weighted by atomic mass is 9.92. The zero-order valence-electron chi connectivity index (χ0n) is 12.0. The Morgan fingerprint density at radius 2 is 2.00 bits per heavy atom. The maximum atomic E-state index is 11.5. The molecule has 0 bridgehead atoms. The van der Waals surface area contributed by atoms with Crippen LogP contribution in [0, 0.1) is 11.8 Å². The number of rotatable bonds is 4. The van der Waals surface area contributed by atoms with Crippen molar-refractivity contribution in [2.75, 3.05) is 26.8 Å². The van der Waals surface area contributed by atoms with Gasteiger partial charge < -0.3 is 14.7 Å². The lowest BCUT2D eigenvalue weighted by molar-refractivity contribution is -0.144. The van der Waals surface area contributed by atoms with Gasteiger partial charge in [-0.3, -0.25) is 4.79 Å². The van der Waals surface area contributed by atoms with E-state index in [0.717, 1.165) is 45.4 Å². The van der Waals surface area contributed by atoms with Gasteiger partial charge in [-0.1, -0.05) is 19.3 Å². The molecular formula is C15H27NO3. The topological polar surface area (TPSA) is 49.8 Å². The van der Waals surface area contributed by atoms with Gasteiger partial charge in [0.2, 0.25) is 0 Å². The van der Waals surface area contributed by atoms with Gasteiger partial charge in [-0.25, -0.2) is 0 Å². The van der Waals surface area contributed by atoms with E-state index in [1.807, 2.05) is 0 Å². The normalized spacial score (nSPS) is 33.1. The maximum Gasteiger partial charge on any atom is 0.308 e. The van der Waals surface area contributed by atoms with E-state index in [0.29, 0.717) is 5.92 Å². The number of hydrogen-bond donors (Lipinski definition) is 1. The van der Waals surface area contributed by atoms with Gasteiger partial charge in [0.05, 0.1) is 12.5 Å². The fraction of sp³-hybridized carbons (Fsp3) is 0.933. The molecule has 1 saturated heterocycles. The molecule has 0 amide bonds. The number of hydrogen-bond acceptors (Lipinski definition) is 3. The van der Waals surface area contributed by atoms with E-state index in [2.05, 4.69) is 11.9 Å². The second-order valence-electron chi connectivity index (χ2n) is 6.17. The Hall–Kier alpha value is -0.610. The molecule has 110 valence electrons. The fourth-order valence-electron chi connectivity index (χ4n) is 3.60. The Bertz CT molecular complexity index is 289. The van der Waals surface area contributed by atoms with Gasteiger partial charge in [-0.2, -0.15) is 0 Å². The minimum absolute atomic E-state index is 0.183. The van der Waals surface area contributed by atoms with Crippen molar-refractivity contribution in [1.82, 2.24) is 4.90 Å². The summed E-state index contributed by atoms with van der Waals surface area (Å²) >= 11 is 0. The largest absolute Gasteiger partial charge is 0.481 e. The molecule has 1 aliphatic heterocycles. The van der Waals surface area contributed by atoms with Gasteiger partial charge in [0.1, 0.15) is 0 Å². The Labute approximate surface area is 116 Å². The minimum atomic E-state index is -0.612. The first-order valence-electron chi connectivity index (χ1n) is 7.69. The van der Waals surface area contributed by atoms with E-state index in [-0.39, 0.29) is 12.0 Å². The van der Waals surface area contributed by atoms with E-state index in [1.54, 1.807) is 0 Å². The molecule has 0 radical (unpaired) electrons. The highest BCUT2D eigenvalue weighted by atomic mass is 16.5. The summed E-state index contributed by atoms with van der Waals surface area (Å²) in [5.41, 5.74) is 0. The Morgan fingerprint density at radius 3 is 2.68 bits per heavy atom. The highest BCUT2D eigenvalue weighted by Crippen LogP contribution is 2.28. The highest BCUT2D eigenvalue weighted by Gasteiger charge is 2.33. The number of carboxylic acids is 1. The van der Waals surface area contributed by atoms with Gasteiger partial charge in [0.15, 0.2) is 0 Å². The molecule has 4 nitrogen and oxygen atoms in total. The first kappa shape index (κ1) is 14.8. The summed E-state index contributed by atoms with van der Waals surface area (Å²) in [5, 5.41) is 9.44. The first-order valence-corrected chi connectivity index (χ1v) is 7.69. The average Bonchev–Trinajstić information content (AvgIpc) is 2.65. The Kier molecular flexibility index (Phi) is 5.64. The molecule has 1 saturated carbocycles. The molecular weight excluding hydrogens is 242 g/mol. The van der Waals surface area contributed by atoms with E-state index in [4.69, 9.17) is 4.74 Å². The second-order valence-corrected chi connectivity index (χ2v) is 6.17. The average molecular weight is 269 g/mol. The van der Waals surface area contributed by atoms with Gasteiger partial charge in [0, 0.05) is 19.2 Å². The van der Waals surface area contributed by atoms with Crippen molar-refractivity contribution in [1.29, 1.82) is 0 Å². The molecule has 0 aromatic rings. The second kappa shape index (κ2) is 7.25. The number of aliphatic carboxylic acids is 1. The molecule has 0 aromatic heterocycles. The number of carboxylic acid groups (broad SMARTS) is 1. The van der Waals surface area contributed by atoms with Crippen LogP contribution in [-0.2, 0) is 9.53 Å². The Morgan fingerprint density at radius 1 is 1.21 bits per heavy atom. The molecule has 2 aliphatic rings. The summed E-state index contributed by atoms with van der Waals surface area (Å²) in [6.07, 6.45) is 7.64. The molecule has 19 heavy (non-hydrogen) atoms. The van der Waals surface area contributed by atoms with Crippen LogP contribution in [0.15, 0.2) is 0 Å². The number of ether oxygens (including phenoxy) is 1. The van der Waals surface area contributed by atoms with Crippen LogP contribution in [0.5, 0.6) is 0 Å². The fourth-order valence-corrected chi connectivity index (χ4v) is 3.60. The zero-order chi connectivity index (χ0) is 13.7. The molecule has 3 unspecified atom stereocenters. The third kappa shape index (κ3) is 4.18. The van der Waals surface area contributed by atoms with E-state index in [1.165, 1.54) is 19.3 Å². The third-order valence-corrected chi connectivity index (χ3v) is 4.66. The molecule has 1 heterocycles. The molecule has 0 aromatic carbocycles. The van der Waals surface area contributed by atoms with Crippen LogP contribution in [0.2, 0.25) is 0 Å². The summed E-state index contributed by atoms with van der Waals surface area (Å²) in [5.74, 6) is -0.216. The van der Waals surface area contributed by atoms with Gasteiger partial charge in [0.25, 0.3) is 0 Å². The molecule has 2 rings (SSSR count). The summed E-state index contributed by atoms with van der Waals surface area (Å²) < 4.78 is 5.53. The third-order valence-electron chi connectivity index (χ3n) is 4.66. The standard InChI is InChI=1S/C15H27NO3/c1-16(10-12-6-5-9-19-11-12)14-8-4-2-3-7-13(14)15(17)18/h12-14H,2-11H2,1H3,(H,17,18). The lowest BCUT2D eigenvalue weighted by Gasteiger charge is -2.35. The molecule has 1 aliphatic carbocycles. The van der Waals surface area contributed by atoms with E-state index < -0.39 is 5.97 Å². The first-order chi connectivity index (χ1) is 9.18. The van der Waals surface area contributed by atoms with E-state index >= 15 is 0 Å². The van der Waals surface area contributed by atoms with Gasteiger partial charge in [-0.05, 0) is 38.6 Å². The van der Waals surface area contributed by atoms with Crippen molar-refractivity contribution >= 4 is 5.97 Å². The summed E-state index contributed by atoms with van der Waals surface area (Å²) in [6, 6.07) is 0.210. The van der Waals surface area contributed by atoms with Crippen LogP contribution in [0.3, 0.4) is 0 Å². The molecule has 1 N–H and O–H groups in total. The predicted molar refractivity (Wildman–Crippen MR) is 74.2 cm³/mol. The molecule has 4 heteroatoms. The smallest absolute Gasteiger partial charge is 0.308 e. The highest BCUT2D eigenvalue weighted by molar-refractivity contribution is 5.70. The van der Waals surface area contributed by atoms with Crippen LogP contribution in [-0.4, -0.2) is 48.8 Å². The number of carbonyl (C=O) groups is 1. The summed E-state index contributed by atoms with van der Waals surface area (Å²) in [6.45, 7) is 2.71. The molecule has 0 spiro atoms. The molecule has 2 fully saturated rings. The predicted octanol–water partition coefficient (Wildman–Crippen LogP) is 2.38. The number of nitrogens with zero attached hydrogens (tertiary/aromatic N) is 1. The monoisotopic (exact) mass is 269 g/mol. The van der Waals surface area contributed by atoms with Crippen LogP contribution < -0.4 is 0 Å². The Balaban J connectivity index is 1.93.